The van der Waals surface area contributed by atoms with E-state index in [0.29, 0.717) is 22.4 Å². The molecule has 2 amide bonds. The van der Waals surface area contributed by atoms with Crippen molar-refractivity contribution >= 4 is 28.7 Å². The minimum absolute atomic E-state index is 0.0175. The van der Waals surface area contributed by atoms with Crippen LogP contribution in [-0.4, -0.2) is 28.0 Å². The molecule has 0 N–H and O–H groups in total. The summed E-state index contributed by atoms with van der Waals surface area (Å²) in [7, 11) is 0. The van der Waals surface area contributed by atoms with Crippen molar-refractivity contribution in [2.75, 3.05) is 0 Å². The molecule has 1 fully saturated rings. The standard InChI is InChI=1S/C20H16N2O6/c1-12-16(11-26-20(25)28-22-17(23)8-9-18(22)24)21-19(27-12)15-7-6-13-4-2-3-5-14(13)10-15/h2-7,10H,8-9,11H2,1H3. The highest BCUT2D eigenvalue weighted by Crippen LogP contribution is 2.26. The van der Waals surface area contributed by atoms with Gasteiger partial charge in [0.1, 0.15) is 18.1 Å². The number of oxazole rings is 1. The van der Waals surface area contributed by atoms with Crippen molar-refractivity contribution in [3.8, 4) is 11.5 Å². The van der Waals surface area contributed by atoms with Gasteiger partial charge in [0.25, 0.3) is 11.8 Å². The smallest absolute Gasteiger partial charge is 0.441 e. The van der Waals surface area contributed by atoms with Crippen LogP contribution in [0.2, 0.25) is 0 Å². The highest BCUT2D eigenvalue weighted by atomic mass is 16.8. The number of aryl methyl sites for hydroxylation is 1. The molecule has 4 rings (SSSR count). The van der Waals surface area contributed by atoms with Gasteiger partial charge in [0, 0.05) is 18.4 Å². The predicted octanol–water partition coefficient (Wildman–Crippen LogP) is 3.52. The SMILES string of the molecule is Cc1oc(-c2ccc3ccccc3c2)nc1COC(=O)ON1C(=O)CCC1=O. The van der Waals surface area contributed by atoms with Crippen LogP contribution in [-0.2, 0) is 25.8 Å². The highest BCUT2D eigenvalue weighted by molar-refractivity contribution is 6.01. The number of imide groups is 1. The maximum absolute atomic E-state index is 11.7. The number of amides is 2. The van der Waals surface area contributed by atoms with Gasteiger partial charge in [0.05, 0.1) is 0 Å². The van der Waals surface area contributed by atoms with Gasteiger partial charge in [-0.25, -0.2) is 9.78 Å². The minimum atomic E-state index is -1.15. The number of hydrogen-bond acceptors (Lipinski definition) is 7. The summed E-state index contributed by atoms with van der Waals surface area (Å²) in [6.45, 7) is 1.49. The Morgan fingerprint density at radius 3 is 2.57 bits per heavy atom. The van der Waals surface area contributed by atoms with E-state index in [0.717, 1.165) is 16.3 Å². The van der Waals surface area contributed by atoms with Crippen molar-refractivity contribution in [1.29, 1.82) is 0 Å². The largest absolute Gasteiger partial charge is 0.534 e. The molecule has 1 aromatic heterocycles. The lowest BCUT2D eigenvalue weighted by molar-refractivity contribution is -0.177. The summed E-state index contributed by atoms with van der Waals surface area (Å²) in [4.78, 5) is 43.7. The molecule has 2 heterocycles. The van der Waals surface area contributed by atoms with Gasteiger partial charge in [-0.1, -0.05) is 35.4 Å². The molecule has 0 unspecified atom stereocenters. The van der Waals surface area contributed by atoms with Crippen molar-refractivity contribution in [1.82, 2.24) is 10.0 Å². The lowest BCUT2D eigenvalue weighted by Gasteiger charge is -2.11. The summed E-state index contributed by atoms with van der Waals surface area (Å²) in [5, 5.41) is 2.59. The third kappa shape index (κ3) is 3.44. The Morgan fingerprint density at radius 1 is 1.11 bits per heavy atom. The zero-order chi connectivity index (χ0) is 19.7. The Bertz CT molecular complexity index is 1070. The van der Waals surface area contributed by atoms with Crippen LogP contribution in [0.15, 0.2) is 46.9 Å². The number of ether oxygens (including phenoxy) is 1. The number of hydrogen-bond donors (Lipinski definition) is 0. The first-order valence-corrected chi connectivity index (χ1v) is 8.67. The molecule has 0 bridgehead atoms. The van der Waals surface area contributed by atoms with E-state index in [4.69, 9.17) is 9.15 Å². The van der Waals surface area contributed by atoms with Gasteiger partial charge in [-0.15, -0.1) is 0 Å². The molecule has 1 saturated heterocycles. The zero-order valence-electron chi connectivity index (χ0n) is 15.0. The van der Waals surface area contributed by atoms with Crippen molar-refractivity contribution in [3.05, 3.63) is 53.9 Å². The van der Waals surface area contributed by atoms with Crippen molar-refractivity contribution in [2.45, 2.75) is 26.4 Å². The van der Waals surface area contributed by atoms with Crippen LogP contribution >= 0.6 is 0 Å². The average molecular weight is 380 g/mol. The minimum Gasteiger partial charge on any atom is -0.441 e. The Balaban J connectivity index is 1.44. The molecule has 1 aliphatic rings. The number of fused-ring (bicyclic) bond motifs is 1. The second-order valence-corrected chi connectivity index (χ2v) is 6.30. The number of aromatic nitrogens is 1. The summed E-state index contributed by atoms with van der Waals surface area (Å²) in [5.74, 6) is -0.249. The van der Waals surface area contributed by atoms with Crippen LogP contribution in [0.5, 0.6) is 0 Å². The molecular weight excluding hydrogens is 364 g/mol. The fourth-order valence-corrected chi connectivity index (χ4v) is 2.89. The molecule has 0 atom stereocenters. The third-order valence-electron chi connectivity index (χ3n) is 4.39. The number of benzene rings is 2. The molecule has 0 spiro atoms. The van der Waals surface area contributed by atoms with Gasteiger partial charge in [-0.05, 0) is 29.8 Å². The van der Waals surface area contributed by atoms with Gasteiger partial charge < -0.3 is 9.15 Å². The molecule has 0 aliphatic carbocycles. The molecule has 2 aromatic carbocycles. The van der Waals surface area contributed by atoms with Crippen molar-refractivity contribution in [2.24, 2.45) is 0 Å². The van der Waals surface area contributed by atoms with Gasteiger partial charge in [0.15, 0.2) is 0 Å². The summed E-state index contributed by atoms with van der Waals surface area (Å²) < 4.78 is 10.6. The fourth-order valence-electron chi connectivity index (χ4n) is 2.89. The third-order valence-corrected chi connectivity index (χ3v) is 4.39. The Hall–Kier alpha value is -3.68. The van der Waals surface area contributed by atoms with E-state index in [2.05, 4.69) is 9.82 Å². The number of carbonyl (C=O) groups excluding carboxylic acids is 3. The van der Waals surface area contributed by atoms with Crippen LogP contribution in [0.1, 0.15) is 24.3 Å². The Kier molecular flexibility index (Phi) is 4.52. The lowest BCUT2D eigenvalue weighted by atomic mass is 10.1. The van der Waals surface area contributed by atoms with Crippen LogP contribution in [0.4, 0.5) is 4.79 Å². The molecule has 28 heavy (non-hydrogen) atoms. The van der Waals surface area contributed by atoms with Crippen LogP contribution < -0.4 is 0 Å². The number of hydroxylamine groups is 2. The average Bonchev–Trinajstić information content (AvgIpc) is 3.22. The van der Waals surface area contributed by atoms with E-state index >= 15 is 0 Å². The summed E-state index contributed by atoms with van der Waals surface area (Å²) in [6.07, 6.45) is -1.12. The lowest BCUT2D eigenvalue weighted by Crippen LogP contribution is -2.32. The van der Waals surface area contributed by atoms with Crippen LogP contribution in [0.3, 0.4) is 0 Å². The van der Waals surface area contributed by atoms with Gasteiger partial charge in [-0.2, -0.15) is 0 Å². The van der Waals surface area contributed by atoms with Gasteiger partial charge in [0.2, 0.25) is 5.89 Å². The number of carbonyl (C=O) groups is 3. The van der Waals surface area contributed by atoms with E-state index in [-0.39, 0.29) is 19.4 Å². The molecule has 0 saturated carbocycles. The molecular formula is C20H16N2O6. The molecule has 8 heteroatoms. The molecule has 142 valence electrons. The van der Waals surface area contributed by atoms with Gasteiger partial charge >= 0.3 is 6.16 Å². The maximum Gasteiger partial charge on any atom is 0.534 e. The number of nitrogens with zero attached hydrogens (tertiary/aromatic N) is 2. The summed E-state index contributed by atoms with van der Waals surface area (Å²) in [5.41, 5.74) is 1.21. The Morgan fingerprint density at radius 2 is 1.82 bits per heavy atom. The van der Waals surface area contributed by atoms with Crippen LogP contribution in [0.25, 0.3) is 22.2 Å². The van der Waals surface area contributed by atoms with E-state index in [9.17, 15) is 14.4 Å². The second kappa shape index (κ2) is 7.15. The first-order chi connectivity index (χ1) is 13.5. The molecule has 1 aliphatic heterocycles. The Labute approximate surface area is 159 Å². The molecule has 3 aromatic rings. The highest BCUT2D eigenvalue weighted by Gasteiger charge is 2.33. The first-order valence-electron chi connectivity index (χ1n) is 8.67. The van der Waals surface area contributed by atoms with E-state index in [1.807, 2.05) is 42.5 Å². The van der Waals surface area contributed by atoms with Crippen molar-refractivity contribution < 1.29 is 28.4 Å². The van der Waals surface area contributed by atoms with E-state index in [1.54, 1.807) is 6.92 Å². The fraction of sp³-hybridized carbons (Fsp3) is 0.200. The normalized spacial score (nSPS) is 14.0. The van der Waals surface area contributed by atoms with Crippen LogP contribution in [0, 0.1) is 6.92 Å². The molecule has 8 nitrogen and oxygen atoms in total. The zero-order valence-corrected chi connectivity index (χ0v) is 15.0. The number of rotatable bonds is 4. The quantitative estimate of drug-likeness (QED) is 0.504. The monoisotopic (exact) mass is 380 g/mol. The van der Waals surface area contributed by atoms with Crippen molar-refractivity contribution in [3.63, 3.8) is 0 Å². The maximum atomic E-state index is 11.7. The van der Waals surface area contributed by atoms with E-state index < -0.39 is 18.0 Å². The summed E-state index contributed by atoms with van der Waals surface area (Å²) in [6, 6.07) is 13.8. The topological polar surface area (TPSA) is 98.9 Å². The van der Waals surface area contributed by atoms with E-state index in [1.165, 1.54) is 0 Å². The molecule has 0 radical (unpaired) electrons. The predicted molar refractivity (Wildman–Crippen MR) is 96.5 cm³/mol. The second-order valence-electron chi connectivity index (χ2n) is 6.30. The van der Waals surface area contributed by atoms with Gasteiger partial charge in [-0.3, -0.25) is 14.4 Å². The first kappa shape index (κ1) is 17.7. The summed E-state index contributed by atoms with van der Waals surface area (Å²) >= 11 is 0.